The van der Waals surface area contributed by atoms with E-state index < -0.39 is 0 Å². The highest BCUT2D eigenvalue weighted by Gasteiger charge is 2.13. The summed E-state index contributed by atoms with van der Waals surface area (Å²) in [5, 5.41) is 8.05. The van der Waals surface area contributed by atoms with Gasteiger partial charge in [0.1, 0.15) is 6.61 Å². The fraction of sp³-hybridized carbons (Fsp3) is 0.438. The Bertz CT molecular complexity index is 606. The predicted molar refractivity (Wildman–Crippen MR) is 86.5 cm³/mol. The van der Waals surface area contributed by atoms with E-state index in [9.17, 15) is 0 Å². The number of hydrogen-bond acceptors (Lipinski definition) is 4. The molecule has 1 saturated heterocycles. The summed E-state index contributed by atoms with van der Waals surface area (Å²) in [7, 11) is 0. The lowest BCUT2D eigenvalue weighted by molar-refractivity contribution is 0.0319. The average molecular weight is 322 g/mol. The van der Waals surface area contributed by atoms with Crippen LogP contribution in [0, 0.1) is 6.92 Å². The number of ether oxygens (including phenoxy) is 2. The van der Waals surface area contributed by atoms with Gasteiger partial charge in [-0.05, 0) is 19.1 Å². The summed E-state index contributed by atoms with van der Waals surface area (Å²) in [6.07, 6.45) is 0. The van der Waals surface area contributed by atoms with E-state index in [0.717, 1.165) is 54.7 Å². The van der Waals surface area contributed by atoms with Gasteiger partial charge in [0.25, 0.3) is 0 Å². The van der Waals surface area contributed by atoms with Crippen LogP contribution in [0.15, 0.2) is 24.3 Å². The number of aromatic amines is 1. The summed E-state index contributed by atoms with van der Waals surface area (Å²) in [4.78, 5) is 2.34. The minimum Gasteiger partial charge on any atom is -0.475 e. The van der Waals surface area contributed by atoms with Gasteiger partial charge in [-0.2, -0.15) is 0 Å². The molecule has 1 fully saturated rings. The van der Waals surface area contributed by atoms with Crippen molar-refractivity contribution in [2.24, 2.45) is 0 Å². The predicted octanol–water partition coefficient (Wildman–Crippen LogP) is 2.75. The number of nitrogens with one attached hydrogen (secondary N) is 1. The molecule has 0 unspecified atom stereocenters. The molecule has 2 heterocycles. The van der Waals surface area contributed by atoms with Gasteiger partial charge >= 0.3 is 0 Å². The summed E-state index contributed by atoms with van der Waals surface area (Å²) >= 11 is 5.92. The average Bonchev–Trinajstić information content (AvgIpc) is 2.90. The lowest BCUT2D eigenvalue weighted by atomic mass is 10.1. The number of rotatable bonds is 5. The van der Waals surface area contributed by atoms with Gasteiger partial charge in [0.15, 0.2) is 0 Å². The van der Waals surface area contributed by atoms with Crippen LogP contribution in [0.2, 0.25) is 5.02 Å². The summed E-state index contributed by atoms with van der Waals surface area (Å²) < 4.78 is 11.1. The molecule has 118 valence electrons. The third-order valence-corrected chi connectivity index (χ3v) is 4.10. The number of hydrogen-bond donors (Lipinski definition) is 1. The van der Waals surface area contributed by atoms with Crippen molar-refractivity contribution >= 4 is 11.6 Å². The molecule has 6 heteroatoms. The van der Waals surface area contributed by atoms with E-state index in [4.69, 9.17) is 21.1 Å². The Morgan fingerprint density at radius 2 is 2.00 bits per heavy atom. The maximum atomic E-state index is 5.92. The first kappa shape index (κ1) is 15.3. The molecule has 0 saturated carbocycles. The molecule has 1 N–H and O–H groups in total. The second kappa shape index (κ2) is 7.13. The Hall–Kier alpha value is -1.56. The smallest absolute Gasteiger partial charge is 0.236 e. The van der Waals surface area contributed by atoms with Crippen LogP contribution < -0.4 is 4.74 Å². The third-order valence-electron chi connectivity index (χ3n) is 3.85. The zero-order valence-corrected chi connectivity index (χ0v) is 13.4. The van der Waals surface area contributed by atoms with E-state index in [0.29, 0.717) is 12.5 Å². The molecule has 0 bridgehead atoms. The zero-order valence-electron chi connectivity index (χ0n) is 12.6. The van der Waals surface area contributed by atoms with Crippen LogP contribution in [0.1, 0.15) is 5.56 Å². The maximum Gasteiger partial charge on any atom is 0.236 e. The Morgan fingerprint density at radius 3 is 2.73 bits per heavy atom. The standard InChI is InChI=1S/C16H20ClN3O2/c1-12-15(13-2-4-14(17)5-3-13)18-19-16(12)22-11-8-20-6-9-21-10-7-20/h2-5H,6-11H2,1H3,(H,18,19). The van der Waals surface area contributed by atoms with Gasteiger partial charge in [-0.3, -0.25) is 10.00 Å². The summed E-state index contributed by atoms with van der Waals surface area (Å²) in [6.45, 7) is 7.09. The van der Waals surface area contributed by atoms with Crippen molar-refractivity contribution in [2.45, 2.75) is 6.92 Å². The lowest BCUT2D eigenvalue weighted by Crippen LogP contribution is -2.38. The number of H-pyrrole nitrogens is 1. The SMILES string of the molecule is Cc1c(OCCN2CCOCC2)n[nH]c1-c1ccc(Cl)cc1. The fourth-order valence-corrected chi connectivity index (χ4v) is 2.64. The molecule has 0 amide bonds. The zero-order chi connectivity index (χ0) is 15.4. The fourth-order valence-electron chi connectivity index (χ4n) is 2.52. The van der Waals surface area contributed by atoms with Gasteiger partial charge < -0.3 is 9.47 Å². The van der Waals surface area contributed by atoms with E-state index in [2.05, 4.69) is 15.1 Å². The molecule has 1 aromatic heterocycles. The quantitative estimate of drug-likeness (QED) is 0.920. The number of morpholine rings is 1. The minimum absolute atomic E-state index is 0.631. The molecule has 22 heavy (non-hydrogen) atoms. The molecule has 1 aliphatic rings. The van der Waals surface area contributed by atoms with Crippen molar-refractivity contribution in [1.82, 2.24) is 15.1 Å². The highest BCUT2D eigenvalue weighted by molar-refractivity contribution is 6.30. The van der Waals surface area contributed by atoms with Crippen LogP contribution in [0.5, 0.6) is 5.88 Å². The van der Waals surface area contributed by atoms with Crippen molar-refractivity contribution in [1.29, 1.82) is 0 Å². The summed E-state index contributed by atoms with van der Waals surface area (Å²) in [6, 6.07) is 7.69. The largest absolute Gasteiger partial charge is 0.475 e. The number of nitrogens with zero attached hydrogens (tertiary/aromatic N) is 2. The van der Waals surface area contributed by atoms with E-state index in [1.165, 1.54) is 0 Å². The molecule has 0 atom stereocenters. The normalized spacial score (nSPS) is 15.9. The van der Waals surface area contributed by atoms with Crippen LogP contribution in [0.3, 0.4) is 0 Å². The van der Waals surface area contributed by atoms with E-state index in [1.807, 2.05) is 31.2 Å². The van der Waals surface area contributed by atoms with Gasteiger partial charge in [0.2, 0.25) is 5.88 Å². The number of benzene rings is 1. The first-order chi connectivity index (χ1) is 10.7. The van der Waals surface area contributed by atoms with E-state index in [1.54, 1.807) is 0 Å². The van der Waals surface area contributed by atoms with Gasteiger partial charge in [-0.15, -0.1) is 5.10 Å². The molecule has 0 radical (unpaired) electrons. The van der Waals surface area contributed by atoms with E-state index in [-0.39, 0.29) is 0 Å². The monoisotopic (exact) mass is 321 g/mol. The number of halogens is 1. The molecule has 0 aliphatic carbocycles. The lowest BCUT2D eigenvalue weighted by Gasteiger charge is -2.26. The third kappa shape index (κ3) is 3.61. The van der Waals surface area contributed by atoms with Crippen molar-refractivity contribution in [2.75, 3.05) is 39.5 Å². The van der Waals surface area contributed by atoms with E-state index >= 15 is 0 Å². The summed E-state index contributed by atoms with van der Waals surface area (Å²) in [5.74, 6) is 0.665. The Labute approximate surface area is 135 Å². The molecule has 0 spiro atoms. The highest BCUT2D eigenvalue weighted by Crippen LogP contribution is 2.28. The van der Waals surface area contributed by atoms with Crippen LogP contribution in [-0.4, -0.2) is 54.6 Å². The molecule has 1 aliphatic heterocycles. The first-order valence-corrected chi connectivity index (χ1v) is 7.85. The van der Waals surface area contributed by atoms with Crippen molar-refractivity contribution < 1.29 is 9.47 Å². The van der Waals surface area contributed by atoms with Crippen LogP contribution in [-0.2, 0) is 4.74 Å². The second-order valence-electron chi connectivity index (χ2n) is 5.34. The Morgan fingerprint density at radius 1 is 1.27 bits per heavy atom. The Balaban J connectivity index is 1.59. The molecule has 1 aromatic carbocycles. The molecular formula is C16H20ClN3O2. The Kier molecular flexibility index (Phi) is 4.97. The van der Waals surface area contributed by atoms with Crippen molar-refractivity contribution in [3.8, 4) is 17.1 Å². The first-order valence-electron chi connectivity index (χ1n) is 7.48. The van der Waals surface area contributed by atoms with Crippen LogP contribution in [0.25, 0.3) is 11.3 Å². The van der Waals surface area contributed by atoms with Crippen LogP contribution >= 0.6 is 11.6 Å². The summed E-state index contributed by atoms with van der Waals surface area (Å²) in [5.41, 5.74) is 3.04. The van der Waals surface area contributed by atoms with Crippen molar-refractivity contribution in [3.63, 3.8) is 0 Å². The van der Waals surface area contributed by atoms with Crippen molar-refractivity contribution in [3.05, 3.63) is 34.9 Å². The van der Waals surface area contributed by atoms with Crippen LogP contribution in [0.4, 0.5) is 0 Å². The molecule has 5 nitrogen and oxygen atoms in total. The number of aromatic nitrogens is 2. The topological polar surface area (TPSA) is 50.4 Å². The van der Waals surface area contributed by atoms with Gasteiger partial charge in [-0.1, -0.05) is 23.7 Å². The minimum atomic E-state index is 0.631. The highest BCUT2D eigenvalue weighted by atomic mass is 35.5. The maximum absolute atomic E-state index is 5.92. The van der Waals surface area contributed by atoms with Gasteiger partial charge in [0.05, 0.1) is 18.9 Å². The second-order valence-corrected chi connectivity index (χ2v) is 5.77. The van der Waals surface area contributed by atoms with Gasteiger partial charge in [-0.25, -0.2) is 0 Å². The molecule has 2 aromatic rings. The molecule has 3 rings (SSSR count). The molecular weight excluding hydrogens is 302 g/mol. The van der Waals surface area contributed by atoms with Gasteiger partial charge in [0, 0.05) is 35.8 Å².